The zero-order valence-corrected chi connectivity index (χ0v) is 7.47. The monoisotopic (exact) mass is 158 g/mol. The lowest BCUT2D eigenvalue weighted by Gasteiger charge is -2.22. The first-order valence-electron chi connectivity index (χ1n) is 4.42. The number of aliphatic hydroxyl groups is 1. The van der Waals surface area contributed by atoms with Gasteiger partial charge in [0, 0.05) is 6.61 Å². The Morgan fingerprint density at radius 3 is 2.82 bits per heavy atom. The van der Waals surface area contributed by atoms with Crippen molar-refractivity contribution >= 4 is 0 Å². The van der Waals surface area contributed by atoms with Crippen molar-refractivity contribution in [2.24, 2.45) is 5.41 Å². The molecule has 0 bridgehead atoms. The highest BCUT2D eigenvalue weighted by Gasteiger charge is 2.33. The van der Waals surface area contributed by atoms with Gasteiger partial charge in [0.25, 0.3) is 0 Å². The summed E-state index contributed by atoms with van der Waals surface area (Å²) in [6.07, 6.45) is 2.88. The van der Waals surface area contributed by atoms with E-state index in [0.29, 0.717) is 0 Å². The molecule has 1 rings (SSSR count). The number of ether oxygens (including phenoxy) is 1. The fourth-order valence-corrected chi connectivity index (χ4v) is 1.77. The van der Waals surface area contributed by atoms with E-state index in [-0.39, 0.29) is 11.5 Å². The first kappa shape index (κ1) is 9.01. The standard InChI is InChI=1S/C9H18O2/c1-3-11-7-9(2)5-4-8(10)6-9/h8,10H,3-7H2,1-2H3. The van der Waals surface area contributed by atoms with Gasteiger partial charge in [0.2, 0.25) is 0 Å². The van der Waals surface area contributed by atoms with E-state index in [4.69, 9.17) is 4.74 Å². The normalized spacial score (nSPS) is 37.9. The lowest BCUT2D eigenvalue weighted by Crippen LogP contribution is -2.20. The van der Waals surface area contributed by atoms with E-state index in [1.165, 1.54) is 0 Å². The zero-order valence-electron chi connectivity index (χ0n) is 7.47. The maximum Gasteiger partial charge on any atom is 0.0546 e. The van der Waals surface area contributed by atoms with Crippen LogP contribution in [0.3, 0.4) is 0 Å². The van der Waals surface area contributed by atoms with Crippen LogP contribution in [0.1, 0.15) is 33.1 Å². The molecule has 11 heavy (non-hydrogen) atoms. The smallest absolute Gasteiger partial charge is 0.0546 e. The predicted molar refractivity (Wildman–Crippen MR) is 44.5 cm³/mol. The minimum Gasteiger partial charge on any atom is -0.393 e. The second-order valence-electron chi connectivity index (χ2n) is 3.84. The van der Waals surface area contributed by atoms with E-state index in [2.05, 4.69) is 6.92 Å². The van der Waals surface area contributed by atoms with Gasteiger partial charge >= 0.3 is 0 Å². The molecule has 2 nitrogen and oxygen atoms in total. The van der Waals surface area contributed by atoms with Gasteiger partial charge in [-0.15, -0.1) is 0 Å². The summed E-state index contributed by atoms with van der Waals surface area (Å²) < 4.78 is 5.36. The Hall–Kier alpha value is -0.0800. The van der Waals surface area contributed by atoms with Gasteiger partial charge in [-0.3, -0.25) is 0 Å². The van der Waals surface area contributed by atoms with Crippen molar-refractivity contribution < 1.29 is 9.84 Å². The quantitative estimate of drug-likeness (QED) is 0.675. The molecule has 1 aliphatic carbocycles. The van der Waals surface area contributed by atoms with Gasteiger partial charge < -0.3 is 9.84 Å². The van der Waals surface area contributed by atoms with Crippen molar-refractivity contribution in [3.8, 4) is 0 Å². The highest BCUT2D eigenvalue weighted by molar-refractivity contribution is 4.85. The van der Waals surface area contributed by atoms with E-state index in [0.717, 1.165) is 32.5 Å². The molecule has 2 atom stereocenters. The van der Waals surface area contributed by atoms with Gasteiger partial charge in [0.05, 0.1) is 12.7 Å². The van der Waals surface area contributed by atoms with Crippen molar-refractivity contribution in [3.05, 3.63) is 0 Å². The molecule has 0 heterocycles. The number of aliphatic hydroxyl groups excluding tert-OH is 1. The molecule has 0 radical (unpaired) electrons. The fraction of sp³-hybridized carbons (Fsp3) is 1.00. The highest BCUT2D eigenvalue weighted by Crippen LogP contribution is 2.37. The SMILES string of the molecule is CCOCC1(C)CCC(O)C1. The topological polar surface area (TPSA) is 29.5 Å². The molecule has 1 saturated carbocycles. The molecule has 2 unspecified atom stereocenters. The van der Waals surface area contributed by atoms with Crippen molar-refractivity contribution in [1.29, 1.82) is 0 Å². The Balaban J connectivity index is 2.29. The summed E-state index contributed by atoms with van der Waals surface area (Å²) in [6, 6.07) is 0. The predicted octanol–water partition coefficient (Wildman–Crippen LogP) is 1.57. The van der Waals surface area contributed by atoms with Gasteiger partial charge in [-0.05, 0) is 31.6 Å². The van der Waals surface area contributed by atoms with E-state index in [9.17, 15) is 5.11 Å². The summed E-state index contributed by atoms with van der Waals surface area (Å²) >= 11 is 0. The molecule has 1 N–H and O–H groups in total. The molecular formula is C9H18O2. The molecule has 0 amide bonds. The van der Waals surface area contributed by atoms with Gasteiger partial charge in [0.15, 0.2) is 0 Å². The molecule has 0 aliphatic heterocycles. The van der Waals surface area contributed by atoms with Crippen LogP contribution in [0.4, 0.5) is 0 Å². The van der Waals surface area contributed by atoms with Crippen LogP contribution in [0.15, 0.2) is 0 Å². The summed E-state index contributed by atoms with van der Waals surface area (Å²) in [4.78, 5) is 0. The summed E-state index contributed by atoms with van der Waals surface area (Å²) in [5, 5.41) is 9.31. The second-order valence-corrected chi connectivity index (χ2v) is 3.84. The second kappa shape index (κ2) is 3.55. The van der Waals surface area contributed by atoms with Crippen LogP contribution in [0.2, 0.25) is 0 Å². The van der Waals surface area contributed by atoms with E-state index in [1.54, 1.807) is 0 Å². The first-order chi connectivity index (χ1) is 5.16. The summed E-state index contributed by atoms with van der Waals surface area (Å²) in [7, 11) is 0. The van der Waals surface area contributed by atoms with Crippen LogP contribution in [0.5, 0.6) is 0 Å². The lowest BCUT2D eigenvalue weighted by atomic mass is 9.90. The Morgan fingerprint density at radius 1 is 1.64 bits per heavy atom. The Morgan fingerprint density at radius 2 is 2.36 bits per heavy atom. The maximum absolute atomic E-state index is 9.31. The van der Waals surface area contributed by atoms with Crippen molar-refractivity contribution in [3.63, 3.8) is 0 Å². The van der Waals surface area contributed by atoms with E-state index >= 15 is 0 Å². The molecule has 0 spiro atoms. The minimum absolute atomic E-state index is 0.0829. The lowest BCUT2D eigenvalue weighted by molar-refractivity contribution is 0.0546. The third-order valence-corrected chi connectivity index (χ3v) is 2.46. The number of hydrogen-bond donors (Lipinski definition) is 1. The molecule has 0 aromatic carbocycles. The number of rotatable bonds is 3. The van der Waals surface area contributed by atoms with Crippen LogP contribution in [-0.4, -0.2) is 24.4 Å². The van der Waals surface area contributed by atoms with E-state index in [1.807, 2.05) is 6.92 Å². The number of hydrogen-bond acceptors (Lipinski definition) is 2. The Kier molecular flexibility index (Phi) is 2.90. The molecule has 2 heteroatoms. The fourth-order valence-electron chi connectivity index (χ4n) is 1.77. The van der Waals surface area contributed by atoms with Gasteiger partial charge in [-0.25, -0.2) is 0 Å². The largest absolute Gasteiger partial charge is 0.393 e. The van der Waals surface area contributed by atoms with Gasteiger partial charge in [-0.2, -0.15) is 0 Å². The van der Waals surface area contributed by atoms with E-state index < -0.39 is 0 Å². The first-order valence-corrected chi connectivity index (χ1v) is 4.42. The third-order valence-electron chi connectivity index (χ3n) is 2.46. The highest BCUT2D eigenvalue weighted by atomic mass is 16.5. The molecule has 0 aromatic rings. The van der Waals surface area contributed by atoms with Crippen molar-refractivity contribution in [2.75, 3.05) is 13.2 Å². The average Bonchev–Trinajstić information content (AvgIpc) is 2.28. The summed E-state index contributed by atoms with van der Waals surface area (Å²) in [6.45, 7) is 5.79. The molecule has 66 valence electrons. The van der Waals surface area contributed by atoms with Crippen molar-refractivity contribution in [1.82, 2.24) is 0 Å². The average molecular weight is 158 g/mol. The summed E-state index contributed by atoms with van der Waals surface area (Å²) in [5.41, 5.74) is 0.245. The molecule has 0 aromatic heterocycles. The molecule has 1 fully saturated rings. The third kappa shape index (κ3) is 2.46. The summed E-state index contributed by atoms with van der Waals surface area (Å²) in [5.74, 6) is 0. The van der Waals surface area contributed by atoms with Crippen LogP contribution in [-0.2, 0) is 4.74 Å². The Bertz CT molecular complexity index is 125. The van der Waals surface area contributed by atoms with Crippen LogP contribution in [0.25, 0.3) is 0 Å². The van der Waals surface area contributed by atoms with Crippen molar-refractivity contribution in [2.45, 2.75) is 39.2 Å². The maximum atomic E-state index is 9.31. The van der Waals surface area contributed by atoms with Gasteiger partial charge in [0.1, 0.15) is 0 Å². The van der Waals surface area contributed by atoms with Crippen LogP contribution in [0, 0.1) is 5.41 Å². The minimum atomic E-state index is -0.0829. The van der Waals surface area contributed by atoms with Crippen LogP contribution >= 0.6 is 0 Å². The van der Waals surface area contributed by atoms with Gasteiger partial charge in [-0.1, -0.05) is 6.92 Å². The molecule has 1 aliphatic rings. The molecular weight excluding hydrogens is 140 g/mol. The zero-order chi connectivity index (χ0) is 8.32. The Labute approximate surface area is 68.6 Å². The molecule has 0 saturated heterocycles. The van der Waals surface area contributed by atoms with Crippen LogP contribution < -0.4 is 0 Å².